The number of nitrogens with two attached hydrogens (primary N) is 1. The summed E-state index contributed by atoms with van der Waals surface area (Å²) in [5, 5.41) is 21.8. The fraction of sp³-hybridized carbons (Fsp3) is 0. The summed E-state index contributed by atoms with van der Waals surface area (Å²) in [5.74, 6) is -0.456. The average molecular weight is 449 g/mol. The van der Waals surface area contributed by atoms with Crippen LogP contribution >= 0.6 is 34.5 Å². The van der Waals surface area contributed by atoms with Crippen LogP contribution in [-0.4, -0.2) is 37.4 Å². The molecule has 0 spiro atoms. The molecule has 0 aliphatic rings. The molecule has 10 nitrogen and oxygen atoms in total. The van der Waals surface area contributed by atoms with Crippen LogP contribution in [0.4, 0.5) is 5.82 Å². The number of hydrazone groups is 1. The second-order valence-electron chi connectivity index (χ2n) is 5.51. The van der Waals surface area contributed by atoms with Crippen molar-refractivity contribution in [2.45, 2.75) is 0 Å². The van der Waals surface area contributed by atoms with Crippen LogP contribution in [0.15, 0.2) is 45.4 Å². The summed E-state index contributed by atoms with van der Waals surface area (Å²) >= 11 is 13.3. The van der Waals surface area contributed by atoms with Crippen molar-refractivity contribution in [1.29, 1.82) is 0 Å². The van der Waals surface area contributed by atoms with Gasteiger partial charge < -0.3 is 5.73 Å². The normalized spacial score (nSPS) is 11.2. The number of halogens is 2. The molecule has 3 heterocycles. The van der Waals surface area contributed by atoms with E-state index in [0.717, 1.165) is 0 Å². The Morgan fingerprint density at radius 1 is 1.31 bits per heavy atom. The van der Waals surface area contributed by atoms with Crippen molar-refractivity contribution < 1.29 is 9.42 Å². The fourth-order valence-corrected chi connectivity index (χ4v) is 3.59. The van der Waals surface area contributed by atoms with E-state index in [0.29, 0.717) is 26.2 Å². The van der Waals surface area contributed by atoms with Gasteiger partial charge in [-0.05, 0) is 33.9 Å². The largest absolute Gasteiger partial charge is 0.378 e. The summed E-state index contributed by atoms with van der Waals surface area (Å²) in [6.07, 6.45) is 1.39. The Labute approximate surface area is 176 Å². The molecule has 0 fully saturated rings. The lowest BCUT2D eigenvalue weighted by atomic mass is 10.2. The van der Waals surface area contributed by atoms with Gasteiger partial charge in [-0.3, -0.25) is 4.79 Å². The topological polar surface area (TPSA) is 137 Å². The molecule has 0 saturated heterocycles. The number of rotatable bonds is 5. The van der Waals surface area contributed by atoms with Crippen LogP contribution in [-0.2, 0) is 0 Å². The first-order valence-corrected chi connectivity index (χ1v) is 9.54. The molecule has 0 atom stereocenters. The minimum atomic E-state index is -0.587. The summed E-state index contributed by atoms with van der Waals surface area (Å²) in [4.78, 5) is 13.4. The number of benzene rings is 1. The van der Waals surface area contributed by atoms with Crippen LogP contribution in [0.1, 0.15) is 16.1 Å². The van der Waals surface area contributed by atoms with Crippen LogP contribution in [0.2, 0.25) is 10.0 Å². The van der Waals surface area contributed by atoms with E-state index in [2.05, 4.69) is 35.8 Å². The summed E-state index contributed by atoms with van der Waals surface area (Å²) in [6, 6.07) is 8.53. The molecule has 0 aliphatic heterocycles. The van der Waals surface area contributed by atoms with Gasteiger partial charge in [-0.1, -0.05) is 40.5 Å². The molecule has 13 heteroatoms. The summed E-state index contributed by atoms with van der Waals surface area (Å²) in [6.45, 7) is 0. The predicted octanol–water partition coefficient (Wildman–Crippen LogP) is 3.03. The van der Waals surface area contributed by atoms with Gasteiger partial charge in [-0.2, -0.15) is 9.78 Å². The first-order chi connectivity index (χ1) is 14.0. The molecule has 0 saturated carbocycles. The number of carbonyl (C=O) groups is 1. The number of hydrogen-bond donors (Lipinski definition) is 2. The van der Waals surface area contributed by atoms with E-state index in [-0.39, 0.29) is 17.3 Å². The Morgan fingerprint density at radius 3 is 2.86 bits per heavy atom. The van der Waals surface area contributed by atoms with Crippen LogP contribution in [0, 0.1) is 0 Å². The van der Waals surface area contributed by atoms with Gasteiger partial charge in [0, 0.05) is 10.6 Å². The van der Waals surface area contributed by atoms with Gasteiger partial charge >= 0.3 is 0 Å². The van der Waals surface area contributed by atoms with Crippen molar-refractivity contribution >= 4 is 52.5 Å². The van der Waals surface area contributed by atoms with E-state index in [1.165, 1.54) is 22.2 Å². The Morgan fingerprint density at radius 2 is 2.17 bits per heavy atom. The lowest BCUT2D eigenvalue weighted by molar-refractivity contribution is 0.0951. The Bertz CT molecular complexity index is 1200. The third-order valence-corrected chi connectivity index (χ3v) is 5.11. The van der Waals surface area contributed by atoms with Gasteiger partial charge in [0.15, 0.2) is 5.69 Å². The minimum Gasteiger partial charge on any atom is -0.378 e. The van der Waals surface area contributed by atoms with Crippen LogP contribution < -0.4 is 11.2 Å². The lowest BCUT2D eigenvalue weighted by Crippen LogP contribution is -2.19. The molecule has 146 valence electrons. The molecular formula is C16H10Cl2N8O2S. The summed E-state index contributed by atoms with van der Waals surface area (Å²) in [5.41, 5.74) is 9.13. The second-order valence-corrected chi connectivity index (χ2v) is 7.31. The molecule has 3 aromatic heterocycles. The highest BCUT2D eigenvalue weighted by atomic mass is 35.5. The highest BCUT2D eigenvalue weighted by Gasteiger charge is 2.25. The van der Waals surface area contributed by atoms with Crippen LogP contribution in [0.25, 0.3) is 16.4 Å². The number of hydrogen-bond acceptors (Lipinski definition) is 9. The first kappa shape index (κ1) is 19.1. The van der Waals surface area contributed by atoms with Crippen molar-refractivity contribution in [2.24, 2.45) is 5.10 Å². The van der Waals surface area contributed by atoms with E-state index < -0.39 is 5.91 Å². The van der Waals surface area contributed by atoms with Gasteiger partial charge in [0.05, 0.1) is 16.1 Å². The first-order valence-electron chi connectivity index (χ1n) is 7.91. The van der Waals surface area contributed by atoms with E-state index in [1.807, 2.05) is 11.4 Å². The van der Waals surface area contributed by atoms with E-state index in [9.17, 15) is 4.79 Å². The molecule has 4 rings (SSSR count). The quantitative estimate of drug-likeness (QED) is 0.353. The number of anilines is 1. The predicted molar refractivity (Wildman–Crippen MR) is 108 cm³/mol. The molecule has 0 aliphatic carbocycles. The number of nitrogen functional groups attached to an aromatic ring is 1. The number of amides is 1. The SMILES string of the molecule is Nc1nonc1-n1nnc(C(=O)N/N=C/c2ccc(Cl)cc2Cl)c1-c1cccs1. The van der Waals surface area contributed by atoms with Gasteiger partial charge in [0.25, 0.3) is 5.91 Å². The van der Waals surface area contributed by atoms with Gasteiger partial charge in [0.2, 0.25) is 11.6 Å². The molecule has 29 heavy (non-hydrogen) atoms. The van der Waals surface area contributed by atoms with E-state index in [4.69, 9.17) is 28.9 Å². The summed E-state index contributed by atoms with van der Waals surface area (Å²) < 4.78 is 5.90. The third-order valence-electron chi connectivity index (χ3n) is 3.67. The zero-order valence-electron chi connectivity index (χ0n) is 14.3. The van der Waals surface area contributed by atoms with Crippen molar-refractivity contribution in [3.05, 3.63) is 57.0 Å². The maximum absolute atomic E-state index is 12.7. The molecule has 0 radical (unpaired) electrons. The molecule has 4 aromatic rings. The van der Waals surface area contributed by atoms with Crippen molar-refractivity contribution in [1.82, 2.24) is 30.7 Å². The molecule has 0 unspecified atom stereocenters. The maximum Gasteiger partial charge on any atom is 0.294 e. The molecular weight excluding hydrogens is 439 g/mol. The van der Waals surface area contributed by atoms with Crippen LogP contribution in [0.5, 0.6) is 0 Å². The van der Waals surface area contributed by atoms with Crippen molar-refractivity contribution in [2.75, 3.05) is 5.73 Å². The monoisotopic (exact) mass is 448 g/mol. The Kier molecular flexibility index (Phi) is 5.25. The zero-order valence-corrected chi connectivity index (χ0v) is 16.6. The number of thiophene rings is 1. The molecule has 3 N–H and O–H groups in total. The molecule has 1 amide bonds. The lowest BCUT2D eigenvalue weighted by Gasteiger charge is -2.03. The minimum absolute atomic E-state index is 0.00932. The summed E-state index contributed by atoms with van der Waals surface area (Å²) in [7, 11) is 0. The average Bonchev–Trinajstić information content (AvgIpc) is 3.42. The second kappa shape index (κ2) is 7.99. The van der Waals surface area contributed by atoms with Crippen molar-refractivity contribution in [3.63, 3.8) is 0 Å². The van der Waals surface area contributed by atoms with E-state index in [1.54, 1.807) is 24.3 Å². The molecule has 1 aromatic carbocycles. The smallest absolute Gasteiger partial charge is 0.294 e. The fourth-order valence-electron chi connectivity index (χ4n) is 2.37. The highest BCUT2D eigenvalue weighted by molar-refractivity contribution is 7.13. The molecule has 0 bridgehead atoms. The van der Waals surface area contributed by atoms with Gasteiger partial charge in [-0.15, -0.1) is 16.4 Å². The van der Waals surface area contributed by atoms with E-state index >= 15 is 0 Å². The standard InChI is InChI=1S/C16H10Cl2N8O2S/c17-9-4-3-8(10(18)6-9)7-20-22-16(27)12-13(11-2-1-5-29-11)26(25-21-12)15-14(19)23-28-24-15/h1-7H,(H2,19,23)(H,22,27)/b20-7+. The van der Waals surface area contributed by atoms with Gasteiger partial charge in [-0.25, -0.2) is 10.1 Å². The number of carbonyl (C=O) groups excluding carboxylic acids is 1. The van der Waals surface area contributed by atoms with Crippen molar-refractivity contribution in [3.8, 4) is 16.4 Å². The zero-order chi connectivity index (χ0) is 20.4. The van der Waals surface area contributed by atoms with Gasteiger partial charge in [0.1, 0.15) is 5.69 Å². The Hall–Kier alpha value is -3.28. The van der Waals surface area contributed by atoms with Crippen LogP contribution in [0.3, 0.4) is 0 Å². The number of aromatic nitrogens is 5. The number of nitrogens with one attached hydrogen (secondary N) is 1. The highest BCUT2D eigenvalue weighted by Crippen LogP contribution is 2.29. The number of nitrogens with zero attached hydrogens (tertiary/aromatic N) is 6. The maximum atomic E-state index is 12.7. The third kappa shape index (κ3) is 3.83. The Balaban J connectivity index is 1.64.